The summed E-state index contributed by atoms with van der Waals surface area (Å²) in [6.07, 6.45) is 5.90. The summed E-state index contributed by atoms with van der Waals surface area (Å²) >= 11 is 0. The molecule has 0 fully saturated rings. The van der Waals surface area contributed by atoms with Gasteiger partial charge in [0.05, 0.1) is 36.3 Å². The fourth-order valence-electron chi connectivity index (χ4n) is 2.99. The minimum atomic E-state index is -0.406. The lowest BCUT2D eigenvalue weighted by Gasteiger charge is -2.29. The van der Waals surface area contributed by atoms with E-state index in [1.165, 1.54) is 0 Å². The Bertz CT molecular complexity index is 887. The van der Waals surface area contributed by atoms with Crippen LogP contribution in [0.1, 0.15) is 72.2 Å². The van der Waals surface area contributed by atoms with E-state index in [-0.39, 0.29) is 11.6 Å². The number of nitrogens with zero attached hydrogens (tertiary/aromatic N) is 6. The lowest BCUT2D eigenvalue weighted by atomic mass is 10.0. The van der Waals surface area contributed by atoms with Crippen LogP contribution in [0.3, 0.4) is 0 Å². The predicted octanol–water partition coefficient (Wildman–Crippen LogP) is 2.55. The van der Waals surface area contributed by atoms with E-state index in [2.05, 4.69) is 20.6 Å². The second-order valence-corrected chi connectivity index (χ2v) is 9.43. The molecule has 0 spiro atoms. The molecule has 0 radical (unpaired) electrons. The average Bonchev–Trinajstić information content (AvgIpc) is 3.31. The van der Waals surface area contributed by atoms with Gasteiger partial charge < -0.3 is 9.47 Å². The Morgan fingerprint density at radius 3 is 1.94 bits per heavy atom. The zero-order valence-corrected chi connectivity index (χ0v) is 20.1. The molecule has 0 saturated heterocycles. The molecule has 0 aliphatic carbocycles. The minimum absolute atomic E-state index is 0.125. The number of hydrogen-bond donors (Lipinski definition) is 0. The molecule has 10 nitrogen and oxygen atoms in total. The molecule has 2 aromatic heterocycles. The fraction of sp³-hybridized carbons (Fsp3) is 0.727. The van der Waals surface area contributed by atoms with Crippen molar-refractivity contribution in [3.63, 3.8) is 0 Å². The van der Waals surface area contributed by atoms with E-state index in [1.54, 1.807) is 23.2 Å². The zero-order valence-electron chi connectivity index (χ0n) is 20.1. The van der Waals surface area contributed by atoms with Crippen LogP contribution in [0.2, 0.25) is 0 Å². The molecule has 2 aromatic rings. The Hall–Kier alpha value is -2.46. The first kappa shape index (κ1) is 25.8. The summed E-state index contributed by atoms with van der Waals surface area (Å²) in [6, 6.07) is 0. The zero-order chi connectivity index (χ0) is 23.8. The number of aromatic nitrogens is 6. The number of ether oxygens (including phenoxy) is 2. The molecular formula is C22H36N6O4. The first-order chi connectivity index (χ1) is 14.9. The fourth-order valence-corrected chi connectivity index (χ4v) is 2.99. The summed E-state index contributed by atoms with van der Waals surface area (Å²) in [5.41, 5.74) is 0.768. The van der Waals surface area contributed by atoms with Gasteiger partial charge in [-0.3, -0.25) is 19.0 Å². The molecule has 0 amide bonds. The van der Waals surface area contributed by atoms with Crippen LogP contribution in [0.25, 0.3) is 0 Å². The van der Waals surface area contributed by atoms with Crippen molar-refractivity contribution >= 4 is 11.6 Å². The molecule has 0 bridgehead atoms. The van der Waals surface area contributed by atoms with Crippen LogP contribution in [0.4, 0.5) is 0 Å². The van der Waals surface area contributed by atoms with Crippen molar-refractivity contribution in [3.05, 3.63) is 23.8 Å². The van der Waals surface area contributed by atoms with Gasteiger partial charge in [-0.1, -0.05) is 10.4 Å². The summed E-state index contributed by atoms with van der Waals surface area (Å²) in [6.45, 7) is 13.2. The predicted molar refractivity (Wildman–Crippen MR) is 118 cm³/mol. The molecule has 0 unspecified atom stereocenters. The van der Waals surface area contributed by atoms with Gasteiger partial charge in [0.2, 0.25) is 0 Å². The number of carbonyl (C=O) groups is 2. The van der Waals surface area contributed by atoms with Crippen molar-refractivity contribution in [2.75, 3.05) is 6.61 Å². The molecule has 32 heavy (non-hydrogen) atoms. The quantitative estimate of drug-likeness (QED) is 0.408. The monoisotopic (exact) mass is 448 g/mol. The SMILES string of the molecule is CC(=O)CCn1cc(COC(C)(C)CCOC(C)(C)Cc2cn(CCC(C)=O)nn2)nn1. The van der Waals surface area contributed by atoms with Crippen LogP contribution in [-0.2, 0) is 45.2 Å². The maximum Gasteiger partial charge on any atom is 0.131 e. The molecule has 10 heteroatoms. The summed E-state index contributed by atoms with van der Waals surface area (Å²) in [5.74, 6) is 0.257. The van der Waals surface area contributed by atoms with Crippen LogP contribution in [0.15, 0.2) is 12.4 Å². The molecule has 178 valence electrons. The van der Waals surface area contributed by atoms with Gasteiger partial charge in [0, 0.05) is 38.5 Å². The number of rotatable bonds is 15. The van der Waals surface area contributed by atoms with Gasteiger partial charge in [0.1, 0.15) is 17.3 Å². The van der Waals surface area contributed by atoms with Crippen molar-refractivity contribution in [1.82, 2.24) is 30.0 Å². The Balaban J connectivity index is 1.73. The summed E-state index contributed by atoms with van der Waals surface area (Å²) < 4.78 is 15.5. The second-order valence-electron chi connectivity index (χ2n) is 9.43. The van der Waals surface area contributed by atoms with Crippen LogP contribution in [0.5, 0.6) is 0 Å². The van der Waals surface area contributed by atoms with E-state index < -0.39 is 11.2 Å². The van der Waals surface area contributed by atoms with Gasteiger partial charge in [-0.2, -0.15) is 0 Å². The van der Waals surface area contributed by atoms with Crippen molar-refractivity contribution in [1.29, 1.82) is 0 Å². The van der Waals surface area contributed by atoms with Gasteiger partial charge in [-0.05, 0) is 48.0 Å². The Kier molecular flexibility index (Phi) is 9.21. The number of ketones is 2. The summed E-state index contributed by atoms with van der Waals surface area (Å²) in [7, 11) is 0. The highest BCUT2D eigenvalue weighted by Gasteiger charge is 2.24. The second kappa shape index (κ2) is 11.4. The van der Waals surface area contributed by atoms with Gasteiger partial charge in [0.25, 0.3) is 0 Å². The Morgan fingerprint density at radius 2 is 1.38 bits per heavy atom. The lowest BCUT2D eigenvalue weighted by molar-refractivity contribution is -0.118. The highest BCUT2D eigenvalue weighted by molar-refractivity contribution is 5.75. The Morgan fingerprint density at radius 1 is 0.844 bits per heavy atom. The third-order valence-corrected chi connectivity index (χ3v) is 4.97. The van der Waals surface area contributed by atoms with E-state index in [1.807, 2.05) is 40.1 Å². The molecule has 0 aromatic carbocycles. The van der Waals surface area contributed by atoms with E-state index in [4.69, 9.17) is 9.47 Å². The highest BCUT2D eigenvalue weighted by Crippen LogP contribution is 2.21. The maximum absolute atomic E-state index is 11.1. The third kappa shape index (κ3) is 9.78. The van der Waals surface area contributed by atoms with Crippen molar-refractivity contribution in [2.45, 2.75) is 98.1 Å². The topological polar surface area (TPSA) is 114 Å². The largest absolute Gasteiger partial charge is 0.375 e. The van der Waals surface area contributed by atoms with Gasteiger partial charge in [0.15, 0.2) is 0 Å². The van der Waals surface area contributed by atoms with Crippen molar-refractivity contribution in [3.8, 4) is 0 Å². The van der Waals surface area contributed by atoms with Gasteiger partial charge in [-0.25, -0.2) is 0 Å². The van der Waals surface area contributed by atoms with E-state index in [9.17, 15) is 9.59 Å². The normalized spacial score (nSPS) is 12.3. The van der Waals surface area contributed by atoms with Crippen molar-refractivity contribution < 1.29 is 19.1 Å². The van der Waals surface area contributed by atoms with Gasteiger partial charge >= 0.3 is 0 Å². The first-order valence-corrected chi connectivity index (χ1v) is 11.0. The van der Waals surface area contributed by atoms with Crippen LogP contribution >= 0.6 is 0 Å². The molecule has 0 aliphatic rings. The minimum Gasteiger partial charge on any atom is -0.375 e. The van der Waals surface area contributed by atoms with E-state index >= 15 is 0 Å². The van der Waals surface area contributed by atoms with E-state index in [0.29, 0.717) is 52.0 Å². The van der Waals surface area contributed by atoms with Crippen LogP contribution < -0.4 is 0 Å². The molecule has 0 aliphatic heterocycles. The highest BCUT2D eigenvalue weighted by atomic mass is 16.5. The molecule has 2 heterocycles. The molecule has 0 atom stereocenters. The summed E-state index contributed by atoms with van der Waals surface area (Å²) in [4.78, 5) is 22.2. The number of carbonyl (C=O) groups excluding carboxylic acids is 2. The van der Waals surface area contributed by atoms with Crippen molar-refractivity contribution in [2.24, 2.45) is 0 Å². The van der Waals surface area contributed by atoms with Gasteiger partial charge in [-0.15, -0.1) is 10.2 Å². The maximum atomic E-state index is 11.1. The lowest BCUT2D eigenvalue weighted by Crippen LogP contribution is -2.32. The smallest absolute Gasteiger partial charge is 0.131 e. The Labute approximate surface area is 189 Å². The standard InChI is InChI=1S/C22H36N6O4/c1-17(29)7-10-27-14-19(23-25-27)13-22(5,6)31-12-9-21(3,4)32-16-20-15-28(26-24-20)11-8-18(2)30/h14-15H,7-13,16H2,1-6H3. The average molecular weight is 449 g/mol. The molecular weight excluding hydrogens is 412 g/mol. The number of aryl methyl sites for hydroxylation is 2. The summed E-state index contributed by atoms with van der Waals surface area (Å²) in [5, 5.41) is 16.4. The third-order valence-electron chi connectivity index (χ3n) is 4.97. The first-order valence-electron chi connectivity index (χ1n) is 11.0. The molecule has 2 rings (SSSR count). The van der Waals surface area contributed by atoms with Crippen LogP contribution in [-0.4, -0.2) is 59.4 Å². The molecule has 0 N–H and O–H groups in total. The number of hydrogen-bond acceptors (Lipinski definition) is 8. The number of Topliss-reactive ketones (excluding diaryl/α,β-unsaturated/α-hetero) is 2. The van der Waals surface area contributed by atoms with Crippen LogP contribution in [0, 0.1) is 0 Å². The molecule has 0 saturated carbocycles. The van der Waals surface area contributed by atoms with E-state index in [0.717, 1.165) is 11.4 Å².